The van der Waals surface area contributed by atoms with Gasteiger partial charge < -0.3 is 5.32 Å². The van der Waals surface area contributed by atoms with Gasteiger partial charge in [0, 0.05) is 5.92 Å². The molecule has 0 saturated heterocycles. The third-order valence-electron chi connectivity index (χ3n) is 4.97. The Balaban J connectivity index is 1.71. The van der Waals surface area contributed by atoms with Crippen LogP contribution in [0.1, 0.15) is 27.7 Å². The molecule has 6 heteroatoms. The second kappa shape index (κ2) is 4.38. The Kier molecular flexibility index (Phi) is 2.86. The summed E-state index contributed by atoms with van der Waals surface area (Å²) in [6.45, 7) is 8.49. The normalized spacial score (nSPS) is 19.2. The van der Waals surface area contributed by atoms with Gasteiger partial charge in [0.25, 0.3) is 0 Å². The zero-order valence-corrected chi connectivity index (χ0v) is 12.7. The van der Waals surface area contributed by atoms with Crippen LogP contribution in [0.2, 0.25) is 0 Å². The minimum absolute atomic E-state index is 0.0155. The standard InChI is InChI=1S/C15H19N5O/c1-14(2)12(15(14,3)4)13(21)18-11-6-5-10(9-16-11)20-8-7-17-19-20/h5-9,12H,1-4H3,(H,16,18,21). The molecule has 2 aromatic heterocycles. The molecule has 1 aliphatic carbocycles. The maximum Gasteiger partial charge on any atom is 0.229 e. The first-order chi connectivity index (χ1) is 9.84. The molecular weight excluding hydrogens is 266 g/mol. The highest BCUT2D eigenvalue weighted by molar-refractivity contribution is 5.95. The lowest BCUT2D eigenvalue weighted by Crippen LogP contribution is -2.18. The minimum atomic E-state index is 0.0155. The highest BCUT2D eigenvalue weighted by Crippen LogP contribution is 2.68. The zero-order valence-electron chi connectivity index (χ0n) is 12.7. The summed E-state index contributed by atoms with van der Waals surface area (Å²) in [5.41, 5.74) is 0.854. The summed E-state index contributed by atoms with van der Waals surface area (Å²) in [7, 11) is 0. The lowest BCUT2D eigenvalue weighted by molar-refractivity contribution is -0.118. The van der Waals surface area contributed by atoms with Gasteiger partial charge in [-0.2, -0.15) is 0 Å². The van der Waals surface area contributed by atoms with Gasteiger partial charge in [-0.1, -0.05) is 32.9 Å². The fourth-order valence-corrected chi connectivity index (χ4v) is 2.99. The molecule has 0 spiro atoms. The van der Waals surface area contributed by atoms with Crippen LogP contribution in [0.15, 0.2) is 30.7 Å². The summed E-state index contributed by atoms with van der Waals surface area (Å²) in [6, 6.07) is 3.62. The van der Waals surface area contributed by atoms with E-state index in [-0.39, 0.29) is 22.7 Å². The highest BCUT2D eigenvalue weighted by Gasteiger charge is 2.68. The second-order valence-electron chi connectivity index (χ2n) is 6.61. The maximum atomic E-state index is 12.3. The van der Waals surface area contributed by atoms with Gasteiger partial charge in [0.1, 0.15) is 5.82 Å². The SMILES string of the molecule is CC1(C)C(C(=O)Nc2ccc(-n3ccnn3)cn2)C1(C)C. The van der Waals surface area contributed by atoms with E-state index in [1.807, 2.05) is 6.07 Å². The van der Waals surface area contributed by atoms with E-state index in [0.717, 1.165) is 5.69 Å². The van der Waals surface area contributed by atoms with Crippen molar-refractivity contribution >= 4 is 11.7 Å². The number of carbonyl (C=O) groups excluding carboxylic acids is 1. The van der Waals surface area contributed by atoms with E-state index < -0.39 is 0 Å². The van der Waals surface area contributed by atoms with Gasteiger partial charge in [0.05, 0.1) is 24.3 Å². The zero-order chi connectivity index (χ0) is 15.3. The first-order valence-electron chi connectivity index (χ1n) is 6.97. The van der Waals surface area contributed by atoms with E-state index in [9.17, 15) is 4.79 Å². The molecule has 0 aliphatic heterocycles. The average Bonchev–Trinajstić information content (AvgIpc) is 2.80. The van der Waals surface area contributed by atoms with Crippen molar-refractivity contribution in [2.75, 3.05) is 5.32 Å². The van der Waals surface area contributed by atoms with Gasteiger partial charge in [-0.3, -0.25) is 4.79 Å². The number of amides is 1. The van der Waals surface area contributed by atoms with Crippen molar-refractivity contribution in [2.24, 2.45) is 16.7 Å². The summed E-state index contributed by atoms with van der Waals surface area (Å²) >= 11 is 0. The number of hydrogen-bond acceptors (Lipinski definition) is 4. The molecule has 6 nitrogen and oxygen atoms in total. The molecule has 1 saturated carbocycles. The molecule has 0 radical (unpaired) electrons. The number of nitrogens with zero attached hydrogens (tertiary/aromatic N) is 4. The average molecular weight is 285 g/mol. The van der Waals surface area contributed by atoms with Crippen molar-refractivity contribution in [3.05, 3.63) is 30.7 Å². The molecular formula is C15H19N5O. The number of aromatic nitrogens is 4. The largest absolute Gasteiger partial charge is 0.310 e. The Labute approximate surface area is 123 Å². The van der Waals surface area contributed by atoms with Gasteiger partial charge in [-0.15, -0.1) is 5.10 Å². The third-order valence-corrected chi connectivity index (χ3v) is 4.97. The van der Waals surface area contributed by atoms with Crippen LogP contribution in [0.4, 0.5) is 5.82 Å². The summed E-state index contributed by atoms with van der Waals surface area (Å²) < 4.78 is 1.62. The van der Waals surface area contributed by atoms with Crippen LogP contribution in [-0.4, -0.2) is 25.9 Å². The summed E-state index contributed by atoms with van der Waals surface area (Å²) in [4.78, 5) is 16.6. The fourth-order valence-electron chi connectivity index (χ4n) is 2.99. The monoisotopic (exact) mass is 285 g/mol. The molecule has 1 amide bonds. The predicted octanol–water partition coefficient (Wildman–Crippen LogP) is 2.28. The van der Waals surface area contributed by atoms with E-state index in [1.165, 1.54) is 0 Å². The van der Waals surface area contributed by atoms with E-state index in [2.05, 4.69) is 48.3 Å². The van der Waals surface area contributed by atoms with Gasteiger partial charge in [-0.05, 0) is 23.0 Å². The first-order valence-corrected chi connectivity index (χ1v) is 6.97. The molecule has 1 N–H and O–H groups in total. The van der Waals surface area contributed by atoms with Crippen molar-refractivity contribution in [1.29, 1.82) is 0 Å². The Morgan fingerprint density at radius 1 is 1.24 bits per heavy atom. The predicted molar refractivity (Wildman–Crippen MR) is 78.8 cm³/mol. The van der Waals surface area contributed by atoms with Crippen LogP contribution in [0, 0.1) is 16.7 Å². The first kappa shape index (κ1) is 13.7. The molecule has 21 heavy (non-hydrogen) atoms. The molecule has 0 unspecified atom stereocenters. The van der Waals surface area contributed by atoms with E-state index in [4.69, 9.17) is 0 Å². The summed E-state index contributed by atoms with van der Waals surface area (Å²) in [5, 5.41) is 10.5. The van der Waals surface area contributed by atoms with Crippen LogP contribution in [0.3, 0.4) is 0 Å². The molecule has 2 aromatic rings. The number of hydrogen-bond donors (Lipinski definition) is 1. The Bertz CT molecular complexity index is 644. The number of carbonyl (C=O) groups is 1. The summed E-state index contributed by atoms with van der Waals surface area (Å²) in [6.07, 6.45) is 5.00. The van der Waals surface area contributed by atoms with Crippen molar-refractivity contribution in [1.82, 2.24) is 20.0 Å². The molecule has 1 aliphatic rings. The molecule has 0 aromatic carbocycles. The molecule has 3 rings (SSSR count). The highest BCUT2D eigenvalue weighted by atomic mass is 16.2. The molecule has 0 atom stereocenters. The third kappa shape index (κ3) is 2.11. The molecule has 0 bridgehead atoms. The van der Waals surface area contributed by atoms with Crippen LogP contribution in [0.25, 0.3) is 5.69 Å². The van der Waals surface area contributed by atoms with Gasteiger partial charge >= 0.3 is 0 Å². The Hall–Kier alpha value is -2.24. The summed E-state index contributed by atoms with van der Waals surface area (Å²) in [5.74, 6) is 0.607. The minimum Gasteiger partial charge on any atom is -0.310 e. The Morgan fingerprint density at radius 2 is 1.95 bits per heavy atom. The molecule has 1 fully saturated rings. The molecule has 110 valence electrons. The van der Waals surface area contributed by atoms with Crippen LogP contribution in [0.5, 0.6) is 0 Å². The van der Waals surface area contributed by atoms with Gasteiger partial charge in [0.15, 0.2) is 0 Å². The molecule has 2 heterocycles. The van der Waals surface area contributed by atoms with E-state index in [0.29, 0.717) is 5.82 Å². The quantitative estimate of drug-likeness (QED) is 0.939. The number of rotatable bonds is 3. The number of pyridine rings is 1. The van der Waals surface area contributed by atoms with E-state index >= 15 is 0 Å². The van der Waals surface area contributed by atoms with Crippen molar-refractivity contribution in [3.63, 3.8) is 0 Å². The van der Waals surface area contributed by atoms with Crippen LogP contribution < -0.4 is 5.32 Å². The second-order valence-corrected chi connectivity index (χ2v) is 6.61. The lowest BCUT2D eigenvalue weighted by atomic mass is 10.0. The number of anilines is 1. The van der Waals surface area contributed by atoms with Gasteiger partial charge in [0.2, 0.25) is 5.91 Å². The van der Waals surface area contributed by atoms with Crippen LogP contribution in [-0.2, 0) is 4.79 Å². The van der Waals surface area contributed by atoms with Crippen molar-refractivity contribution < 1.29 is 4.79 Å². The van der Waals surface area contributed by atoms with Crippen molar-refractivity contribution in [2.45, 2.75) is 27.7 Å². The topological polar surface area (TPSA) is 72.7 Å². The van der Waals surface area contributed by atoms with Gasteiger partial charge in [-0.25, -0.2) is 9.67 Å². The number of nitrogens with one attached hydrogen (secondary N) is 1. The van der Waals surface area contributed by atoms with Crippen molar-refractivity contribution in [3.8, 4) is 5.69 Å². The smallest absolute Gasteiger partial charge is 0.229 e. The maximum absolute atomic E-state index is 12.3. The van der Waals surface area contributed by atoms with Crippen LogP contribution >= 0.6 is 0 Å². The Morgan fingerprint density at radius 3 is 2.43 bits per heavy atom. The lowest BCUT2D eigenvalue weighted by Gasteiger charge is -2.06. The fraction of sp³-hybridized carbons (Fsp3) is 0.467. The van der Waals surface area contributed by atoms with E-state index in [1.54, 1.807) is 29.3 Å².